The first-order valence-corrected chi connectivity index (χ1v) is 17.6. The Kier molecular flexibility index (Phi) is 6.88. The fourth-order valence-corrected chi connectivity index (χ4v) is 12.7. The molecule has 6 aliphatic rings. The van der Waals surface area contributed by atoms with E-state index in [9.17, 15) is 9.59 Å². The molecule has 1 heterocycles. The minimum absolute atomic E-state index is 0.0187. The molecule has 1 spiro atoms. The summed E-state index contributed by atoms with van der Waals surface area (Å²) >= 11 is 0. The van der Waals surface area contributed by atoms with Crippen molar-refractivity contribution in [2.75, 3.05) is 7.11 Å². The fraction of sp³-hybridized carbons (Fsp3) is 0.700. The average molecular weight is 615 g/mol. The first-order valence-electron chi connectivity index (χ1n) is 17.6. The number of methoxy groups -OCH3 is 1. The van der Waals surface area contributed by atoms with Gasteiger partial charge < -0.3 is 14.2 Å². The zero-order valence-electron chi connectivity index (χ0n) is 28.8. The molecule has 45 heavy (non-hydrogen) atoms. The molecule has 7 rings (SSSR count). The third-order valence-corrected chi connectivity index (χ3v) is 15.5. The van der Waals surface area contributed by atoms with Gasteiger partial charge in [-0.05, 0) is 116 Å². The van der Waals surface area contributed by atoms with E-state index < -0.39 is 5.60 Å². The largest absolute Gasteiger partial charge is 0.497 e. The molecule has 4 saturated carbocycles. The van der Waals surface area contributed by atoms with Crippen molar-refractivity contribution >= 4 is 18.0 Å². The fourth-order valence-electron chi connectivity index (χ4n) is 12.7. The summed E-state index contributed by atoms with van der Waals surface area (Å²) < 4.78 is 18.3. The van der Waals surface area contributed by atoms with Crippen LogP contribution >= 0.6 is 0 Å². The Hall–Kier alpha value is -2.56. The number of benzene rings is 1. The monoisotopic (exact) mass is 614 g/mol. The first kappa shape index (κ1) is 31.1. The van der Waals surface area contributed by atoms with Gasteiger partial charge in [0.05, 0.1) is 12.5 Å². The van der Waals surface area contributed by atoms with E-state index in [-0.39, 0.29) is 51.0 Å². The maximum absolute atomic E-state index is 13.9. The summed E-state index contributed by atoms with van der Waals surface area (Å²) in [5, 5.41) is 0. The van der Waals surface area contributed by atoms with Gasteiger partial charge in [-0.25, -0.2) is 4.79 Å². The van der Waals surface area contributed by atoms with Gasteiger partial charge in [-0.15, -0.1) is 0 Å². The normalized spacial score (nSPS) is 47.6. The van der Waals surface area contributed by atoms with Gasteiger partial charge in [0, 0.05) is 22.8 Å². The van der Waals surface area contributed by atoms with Gasteiger partial charge in [0.15, 0.2) is 0 Å². The Morgan fingerprint density at radius 1 is 0.933 bits per heavy atom. The quantitative estimate of drug-likeness (QED) is 0.193. The van der Waals surface area contributed by atoms with Crippen LogP contribution in [-0.4, -0.2) is 30.8 Å². The topological polar surface area (TPSA) is 61.8 Å². The van der Waals surface area contributed by atoms with E-state index in [1.807, 2.05) is 30.3 Å². The minimum atomic E-state index is -0.511. The molecule has 1 saturated heterocycles. The zero-order valence-corrected chi connectivity index (χ0v) is 28.8. The molecule has 11 atom stereocenters. The molecule has 0 radical (unpaired) electrons. The molecular formula is C40H54O5. The van der Waals surface area contributed by atoms with E-state index in [1.165, 1.54) is 0 Å². The molecule has 1 aliphatic heterocycles. The third-order valence-electron chi connectivity index (χ3n) is 15.5. The Balaban J connectivity index is 1.16. The van der Waals surface area contributed by atoms with Gasteiger partial charge in [0.2, 0.25) is 0 Å². The average Bonchev–Trinajstić information content (AvgIpc) is 3.20. The minimum Gasteiger partial charge on any atom is -0.497 e. The van der Waals surface area contributed by atoms with E-state index in [1.54, 1.807) is 13.2 Å². The molecule has 0 aromatic heterocycles. The maximum atomic E-state index is 13.9. The van der Waals surface area contributed by atoms with E-state index in [2.05, 4.69) is 60.6 Å². The van der Waals surface area contributed by atoms with Crippen molar-refractivity contribution in [1.29, 1.82) is 0 Å². The van der Waals surface area contributed by atoms with Crippen LogP contribution in [0.1, 0.15) is 105 Å². The van der Waals surface area contributed by atoms with Crippen LogP contribution in [0.15, 0.2) is 42.5 Å². The maximum Gasteiger partial charge on any atom is 0.331 e. The summed E-state index contributed by atoms with van der Waals surface area (Å²) in [6.45, 7) is 17.0. The number of rotatable bonds is 4. The lowest BCUT2D eigenvalue weighted by Crippen LogP contribution is -2.71. The SMILES string of the molecule is COc1ccc(/C=C\C(=O)O[C@H]2CC[C@]3(C)[C@H](CC[C@@]4(C)[C@@H]3C=C[C@]35OC(=O)[C@@]6(CC[C@H](C)[C@H](C)[C@@H]63)CC[C@]45C)C2(C)C)cc1. The number of esters is 2. The molecule has 1 aromatic carbocycles. The van der Waals surface area contributed by atoms with Crippen LogP contribution in [0.3, 0.4) is 0 Å². The molecule has 0 N–H and O–H groups in total. The number of hydrogen-bond donors (Lipinski definition) is 0. The van der Waals surface area contributed by atoms with Crippen LogP contribution in [0.5, 0.6) is 5.75 Å². The molecule has 2 bridgehead atoms. The molecule has 244 valence electrons. The van der Waals surface area contributed by atoms with Crippen molar-refractivity contribution in [1.82, 2.24) is 0 Å². The van der Waals surface area contributed by atoms with E-state index in [0.717, 1.165) is 62.7 Å². The number of allylic oxidation sites excluding steroid dienone is 1. The van der Waals surface area contributed by atoms with Gasteiger partial charge in [-0.2, -0.15) is 0 Å². The zero-order chi connectivity index (χ0) is 32.2. The lowest BCUT2D eigenvalue weighted by atomic mass is 9.32. The van der Waals surface area contributed by atoms with E-state index >= 15 is 0 Å². The second kappa shape index (κ2) is 9.97. The molecule has 0 amide bonds. The van der Waals surface area contributed by atoms with Crippen LogP contribution in [0.4, 0.5) is 0 Å². The second-order valence-corrected chi connectivity index (χ2v) is 17.3. The molecular weight excluding hydrogens is 560 g/mol. The van der Waals surface area contributed by atoms with Crippen LogP contribution in [0.25, 0.3) is 6.08 Å². The van der Waals surface area contributed by atoms with Crippen molar-refractivity contribution in [3.63, 3.8) is 0 Å². The highest BCUT2D eigenvalue weighted by atomic mass is 16.6. The number of carbonyl (C=O) groups is 2. The number of fused-ring (bicyclic) bond motifs is 4. The highest BCUT2D eigenvalue weighted by Crippen LogP contribution is 2.79. The van der Waals surface area contributed by atoms with E-state index in [4.69, 9.17) is 14.2 Å². The van der Waals surface area contributed by atoms with Crippen molar-refractivity contribution in [2.24, 2.45) is 56.7 Å². The molecule has 5 fully saturated rings. The van der Waals surface area contributed by atoms with Crippen LogP contribution in [-0.2, 0) is 19.1 Å². The highest BCUT2D eigenvalue weighted by Gasteiger charge is 2.80. The molecule has 1 aromatic rings. The molecule has 0 unspecified atom stereocenters. The van der Waals surface area contributed by atoms with Gasteiger partial charge in [0.25, 0.3) is 0 Å². The molecule has 5 aliphatic carbocycles. The predicted molar refractivity (Wildman–Crippen MR) is 176 cm³/mol. The third kappa shape index (κ3) is 3.91. The van der Waals surface area contributed by atoms with Crippen molar-refractivity contribution in [2.45, 2.75) is 112 Å². The van der Waals surface area contributed by atoms with Gasteiger partial charge in [-0.1, -0.05) is 66.7 Å². The lowest BCUT2D eigenvalue weighted by molar-refractivity contribution is -0.247. The summed E-state index contributed by atoms with van der Waals surface area (Å²) in [5.41, 5.74) is -0.0486. The Morgan fingerprint density at radius 2 is 1.67 bits per heavy atom. The molecule has 5 heteroatoms. The summed E-state index contributed by atoms with van der Waals surface area (Å²) in [5.74, 6) is 2.74. The van der Waals surface area contributed by atoms with Crippen molar-refractivity contribution in [3.8, 4) is 5.75 Å². The Morgan fingerprint density at radius 3 is 2.38 bits per heavy atom. The van der Waals surface area contributed by atoms with Gasteiger partial charge in [0.1, 0.15) is 17.5 Å². The smallest absolute Gasteiger partial charge is 0.331 e. The summed E-state index contributed by atoms with van der Waals surface area (Å²) in [4.78, 5) is 27.0. The van der Waals surface area contributed by atoms with Gasteiger partial charge >= 0.3 is 11.9 Å². The standard InChI is InChI=1S/C40H54O5/c1-25-15-21-39-24-23-38(7)37(6)20-16-29-35(3,4)31(44-32(41)14-11-27-9-12-28(43-8)13-10-27)18-19-36(29,5)30(37)17-22-40(38,45-34(39)42)33(39)26(25)2/h9-14,17,22,25-26,29-31,33H,15-16,18-21,23-24H2,1-8H3/b14-11-/t25-,26-,29+,30+,31-,33-,36+,37-,38+,39-,40-/m0/s1. The summed E-state index contributed by atoms with van der Waals surface area (Å²) in [6, 6.07) is 7.67. The van der Waals surface area contributed by atoms with Gasteiger partial charge in [-0.3, -0.25) is 4.79 Å². The van der Waals surface area contributed by atoms with Crippen LogP contribution in [0, 0.1) is 56.7 Å². The van der Waals surface area contributed by atoms with Crippen molar-refractivity contribution < 1.29 is 23.8 Å². The summed E-state index contributed by atoms with van der Waals surface area (Å²) in [7, 11) is 1.65. The lowest BCUT2D eigenvalue weighted by Gasteiger charge is -2.72. The highest BCUT2D eigenvalue weighted by molar-refractivity contribution is 5.87. The Labute approximate surface area is 270 Å². The van der Waals surface area contributed by atoms with E-state index in [0.29, 0.717) is 23.7 Å². The predicted octanol–water partition coefficient (Wildman–Crippen LogP) is 8.81. The van der Waals surface area contributed by atoms with Crippen LogP contribution in [0.2, 0.25) is 0 Å². The Bertz CT molecular complexity index is 1440. The van der Waals surface area contributed by atoms with Crippen molar-refractivity contribution in [3.05, 3.63) is 48.1 Å². The molecule has 5 nitrogen and oxygen atoms in total. The summed E-state index contributed by atoms with van der Waals surface area (Å²) in [6.07, 6.45) is 16.4. The number of hydrogen-bond acceptors (Lipinski definition) is 5. The number of carbonyl (C=O) groups excluding carboxylic acids is 2. The number of ether oxygens (including phenoxy) is 3. The second-order valence-electron chi connectivity index (χ2n) is 17.3. The first-order chi connectivity index (χ1) is 21.2. The van der Waals surface area contributed by atoms with Crippen LogP contribution < -0.4 is 4.74 Å².